The van der Waals surface area contributed by atoms with Crippen LogP contribution in [0.4, 0.5) is 10.1 Å². The number of anilines is 1. The van der Waals surface area contributed by atoms with Crippen LogP contribution in [0.2, 0.25) is 0 Å². The molecule has 0 atom stereocenters. The molecule has 0 saturated heterocycles. The van der Waals surface area contributed by atoms with Gasteiger partial charge in [-0.1, -0.05) is 12.1 Å². The van der Waals surface area contributed by atoms with Gasteiger partial charge in [0, 0.05) is 20.0 Å². The summed E-state index contributed by atoms with van der Waals surface area (Å²) in [5.41, 5.74) is 0.192. The summed E-state index contributed by atoms with van der Waals surface area (Å²) >= 11 is 0. The summed E-state index contributed by atoms with van der Waals surface area (Å²) in [5, 5.41) is 2.61. The second-order valence-electron chi connectivity index (χ2n) is 4.36. The first-order valence-corrected chi connectivity index (χ1v) is 6.44. The minimum atomic E-state index is -0.481. The van der Waals surface area contributed by atoms with Crippen LogP contribution in [0.3, 0.4) is 0 Å². The molecule has 2 rings (SSSR count). The van der Waals surface area contributed by atoms with E-state index in [0.717, 1.165) is 0 Å². The number of carbonyl (C=O) groups is 2. The highest BCUT2D eigenvalue weighted by Crippen LogP contribution is 2.18. The molecule has 0 bridgehead atoms. The summed E-state index contributed by atoms with van der Waals surface area (Å²) in [6, 6.07) is 9.15. The minimum Gasteiger partial charge on any atom is -0.459 e. The lowest BCUT2D eigenvalue weighted by Crippen LogP contribution is -2.37. The molecule has 1 aromatic heterocycles. The van der Waals surface area contributed by atoms with Crippen molar-refractivity contribution in [3.63, 3.8) is 0 Å². The van der Waals surface area contributed by atoms with E-state index >= 15 is 0 Å². The van der Waals surface area contributed by atoms with Gasteiger partial charge < -0.3 is 14.6 Å². The van der Waals surface area contributed by atoms with E-state index in [1.807, 2.05) is 0 Å². The summed E-state index contributed by atoms with van der Waals surface area (Å²) in [6.45, 7) is 1.71. The van der Waals surface area contributed by atoms with Gasteiger partial charge in [0.1, 0.15) is 5.82 Å². The molecule has 0 unspecified atom stereocenters. The monoisotopic (exact) mass is 290 g/mol. The first-order valence-electron chi connectivity index (χ1n) is 6.44. The van der Waals surface area contributed by atoms with Crippen molar-refractivity contribution in [3.8, 4) is 0 Å². The molecule has 0 aliphatic carbocycles. The summed E-state index contributed by atoms with van der Waals surface area (Å²) in [5.74, 6) is -0.968. The number of nitrogens with one attached hydrogen (secondary N) is 1. The third-order valence-electron chi connectivity index (χ3n) is 2.89. The zero-order valence-corrected chi connectivity index (χ0v) is 11.5. The summed E-state index contributed by atoms with van der Waals surface area (Å²) in [4.78, 5) is 24.6. The topological polar surface area (TPSA) is 62.6 Å². The zero-order valence-electron chi connectivity index (χ0n) is 11.5. The van der Waals surface area contributed by atoms with E-state index in [-0.39, 0.29) is 36.4 Å². The van der Waals surface area contributed by atoms with Gasteiger partial charge in [0.25, 0.3) is 5.91 Å². The quantitative estimate of drug-likeness (QED) is 0.918. The maximum atomic E-state index is 13.7. The van der Waals surface area contributed by atoms with Crippen molar-refractivity contribution in [2.45, 2.75) is 6.92 Å². The fraction of sp³-hybridized carbons (Fsp3) is 0.200. The van der Waals surface area contributed by atoms with Gasteiger partial charge in [0.05, 0.1) is 12.0 Å². The van der Waals surface area contributed by atoms with Crippen LogP contribution in [0.1, 0.15) is 17.5 Å². The van der Waals surface area contributed by atoms with Gasteiger partial charge in [-0.3, -0.25) is 9.59 Å². The number of hydrogen-bond donors (Lipinski definition) is 1. The van der Waals surface area contributed by atoms with Crippen LogP contribution >= 0.6 is 0 Å². The van der Waals surface area contributed by atoms with E-state index < -0.39 is 5.82 Å². The van der Waals surface area contributed by atoms with Gasteiger partial charge in [0.2, 0.25) is 5.91 Å². The highest BCUT2D eigenvalue weighted by molar-refractivity contribution is 5.93. The van der Waals surface area contributed by atoms with Crippen LogP contribution in [-0.2, 0) is 4.79 Å². The molecule has 6 heteroatoms. The lowest BCUT2D eigenvalue weighted by Gasteiger charge is -2.21. The van der Waals surface area contributed by atoms with Gasteiger partial charge in [-0.25, -0.2) is 4.39 Å². The third-order valence-corrected chi connectivity index (χ3v) is 2.89. The molecule has 0 aliphatic heterocycles. The highest BCUT2D eigenvalue weighted by Gasteiger charge is 2.15. The molecule has 21 heavy (non-hydrogen) atoms. The van der Waals surface area contributed by atoms with Crippen LogP contribution in [-0.4, -0.2) is 24.9 Å². The van der Waals surface area contributed by atoms with Gasteiger partial charge in [-0.2, -0.15) is 0 Å². The van der Waals surface area contributed by atoms with Gasteiger partial charge >= 0.3 is 0 Å². The molecular weight excluding hydrogens is 275 g/mol. The molecule has 2 aromatic rings. The molecule has 1 N–H and O–H groups in total. The fourth-order valence-corrected chi connectivity index (χ4v) is 1.89. The molecule has 110 valence electrons. The summed E-state index contributed by atoms with van der Waals surface area (Å²) in [7, 11) is 0. The molecule has 2 amide bonds. The van der Waals surface area contributed by atoms with Crippen LogP contribution in [0.5, 0.6) is 0 Å². The molecule has 0 saturated carbocycles. The second kappa shape index (κ2) is 6.69. The number of carbonyl (C=O) groups excluding carboxylic acids is 2. The Balaban J connectivity index is 1.97. The van der Waals surface area contributed by atoms with Gasteiger partial charge in [-0.15, -0.1) is 0 Å². The Morgan fingerprint density at radius 1 is 1.24 bits per heavy atom. The first kappa shape index (κ1) is 14.8. The van der Waals surface area contributed by atoms with Crippen LogP contribution in [0.25, 0.3) is 0 Å². The number of rotatable bonds is 5. The molecule has 5 nitrogen and oxygen atoms in total. The summed E-state index contributed by atoms with van der Waals surface area (Å²) < 4.78 is 18.7. The Morgan fingerprint density at radius 3 is 2.62 bits per heavy atom. The Hall–Kier alpha value is -2.63. The maximum absolute atomic E-state index is 13.7. The van der Waals surface area contributed by atoms with Gasteiger partial charge in [0.15, 0.2) is 5.76 Å². The number of furan rings is 1. The maximum Gasteiger partial charge on any atom is 0.287 e. The molecule has 0 spiro atoms. The number of nitrogens with zero attached hydrogens (tertiary/aromatic N) is 1. The normalized spacial score (nSPS) is 10.2. The van der Waals surface area contributed by atoms with Crippen LogP contribution in [0, 0.1) is 5.82 Å². The SMILES string of the molecule is CC(=O)N(CCNC(=O)c1ccco1)c1ccccc1F. The number of hydrogen-bond acceptors (Lipinski definition) is 3. The molecular formula is C15H15FN2O3. The summed E-state index contributed by atoms with van der Waals surface area (Å²) in [6.07, 6.45) is 1.40. The van der Waals surface area contributed by atoms with Gasteiger partial charge in [-0.05, 0) is 24.3 Å². The average Bonchev–Trinajstić information content (AvgIpc) is 2.98. The lowest BCUT2D eigenvalue weighted by atomic mass is 10.2. The Morgan fingerprint density at radius 2 is 2.00 bits per heavy atom. The smallest absolute Gasteiger partial charge is 0.287 e. The molecule has 1 aromatic carbocycles. The third kappa shape index (κ3) is 3.68. The van der Waals surface area contributed by atoms with E-state index in [2.05, 4.69) is 5.32 Å². The Bertz CT molecular complexity index is 626. The van der Waals surface area contributed by atoms with E-state index in [9.17, 15) is 14.0 Å². The first-order chi connectivity index (χ1) is 10.1. The second-order valence-corrected chi connectivity index (χ2v) is 4.36. The highest BCUT2D eigenvalue weighted by atomic mass is 19.1. The Kier molecular flexibility index (Phi) is 4.71. The molecule has 1 heterocycles. The average molecular weight is 290 g/mol. The predicted molar refractivity (Wildman–Crippen MR) is 75.5 cm³/mol. The number of amides is 2. The predicted octanol–water partition coefficient (Wildman–Crippen LogP) is 2.20. The zero-order chi connectivity index (χ0) is 15.2. The lowest BCUT2D eigenvalue weighted by molar-refractivity contribution is -0.116. The molecule has 0 aliphatic rings. The van der Waals surface area contributed by atoms with E-state index in [1.165, 1.54) is 36.3 Å². The van der Waals surface area contributed by atoms with Crippen molar-refractivity contribution in [1.29, 1.82) is 0 Å². The van der Waals surface area contributed by atoms with E-state index in [0.29, 0.717) is 0 Å². The fourth-order valence-electron chi connectivity index (χ4n) is 1.89. The van der Waals surface area contributed by atoms with Crippen LogP contribution in [0.15, 0.2) is 47.1 Å². The minimum absolute atomic E-state index is 0.169. The standard InChI is InChI=1S/C15H15FN2O3/c1-11(19)18(13-6-3-2-5-12(13)16)9-8-17-15(20)14-7-4-10-21-14/h2-7,10H,8-9H2,1H3,(H,17,20). The number of halogens is 1. The van der Waals surface area contributed by atoms with E-state index in [4.69, 9.17) is 4.42 Å². The van der Waals surface area contributed by atoms with E-state index in [1.54, 1.807) is 18.2 Å². The van der Waals surface area contributed by atoms with Crippen molar-refractivity contribution in [1.82, 2.24) is 5.32 Å². The molecule has 0 radical (unpaired) electrons. The van der Waals surface area contributed by atoms with Crippen LogP contribution < -0.4 is 10.2 Å². The number of benzene rings is 1. The van der Waals surface area contributed by atoms with Crippen molar-refractivity contribution in [3.05, 3.63) is 54.2 Å². The largest absolute Gasteiger partial charge is 0.459 e. The van der Waals surface area contributed by atoms with Crippen molar-refractivity contribution in [2.75, 3.05) is 18.0 Å². The molecule has 0 fully saturated rings. The number of para-hydroxylation sites is 1. The van der Waals surface area contributed by atoms with Crippen molar-refractivity contribution < 1.29 is 18.4 Å². The van der Waals surface area contributed by atoms with Crippen molar-refractivity contribution in [2.24, 2.45) is 0 Å². The van der Waals surface area contributed by atoms with Crippen molar-refractivity contribution >= 4 is 17.5 Å². The Labute approximate surface area is 121 Å².